The predicted octanol–water partition coefficient (Wildman–Crippen LogP) is 7.28. The second kappa shape index (κ2) is 14.1. The molecule has 2 atom stereocenters. The van der Waals surface area contributed by atoms with Crippen LogP contribution in [0.2, 0.25) is 0 Å². The van der Waals surface area contributed by atoms with Crippen LogP contribution in [-0.2, 0) is 22.2 Å². The van der Waals surface area contributed by atoms with E-state index in [1.54, 1.807) is 19.1 Å². The van der Waals surface area contributed by atoms with Crippen molar-refractivity contribution in [2.75, 3.05) is 19.6 Å². The minimum atomic E-state index is -5.04. The highest BCUT2D eigenvalue weighted by molar-refractivity contribution is 5.85. The fraction of sp³-hybridized carbons (Fsp3) is 0.306. The standard InChI is InChI=1S/C36H29F8N3O5/c1-17-3-2-4-28-31(17)19-9-23(32(39)24(10-19)34(40)41)27(13-30(49)50)45-35(51)33(22-11-21(52-28)5-6-26(22)38)47-14-18(7-8-46-15-20(37)16-46)25(12-29(47)48)36(42,43)44/h2-6,9-12,14,20,27,33-34H,7-8,13,15-16H2,1H3,(H,45,51)(H,49,50). The number of pyridine rings is 1. The number of halogens is 8. The van der Waals surface area contributed by atoms with Gasteiger partial charge in [0.1, 0.15) is 35.3 Å². The minimum Gasteiger partial charge on any atom is -0.481 e. The fourth-order valence-electron chi connectivity index (χ4n) is 6.55. The number of alkyl halides is 6. The lowest BCUT2D eigenvalue weighted by molar-refractivity contribution is -0.139. The first-order chi connectivity index (χ1) is 24.5. The molecule has 2 N–H and O–H groups in total. The third-order valence-corrected chi connectivity index (χ3v) is 9.05. The highest BCUT2D eigenvalue weighted by Gasteiger charge is 2.38. The molecule has 2 aliphatic heterocycles. The number of carboxylic acid groups (broad SMARTS) is 1. The Hall–Kier alpha value is -5.25. The average molecular weight is 736 g/mol. The lowest BCUT2D eigenvalue weighted by atomic mass is 9.91. The summed E-state index contributed by atoms with van der Waals surface area (Å²) < 4.78 is 123. The fourth-order valence-corrected chi connectivity index (χ4v) is 6.55. The zero-order valence-corrected chi connectivity index (χ0v) is 27.1. The summed E-state index contributed by atoms with van der Waals surface area (Å²) in [6.45, 7) is 1.49. The number of hydrogen-bond donors (Lipinski definition) is 2. The van der Waals surface area contributed by atoms with Crippen LogP contribution in [0.25, 0.3) is 11.1 Å². The number of benzene rings is 3. The Morgan fingerprint density at radius 2 is 1.77 bits per heavy atom. The topological polar surface area (TPSA) is 101 Å². The molecular weight excluding hydrogens is 706 g/mol. The molecule has 274 valence electrons. The lowest BCUT2D eigenvalue weighted by Crippen LogP contribution is -2.49. The molecule has 3 aromatic carbocycles. The molecule has 6 rings (SSSR count). The first-order valence-corrected chi connectivity index (χ1v) is 15.9. The number of amides is 1. The van der Waals surface area contributed by atoms with Gasteiger partial charge >= 0.3 is 12.1 Å². The Labute approximate surface area is 290 Å². The number of carbonyl (C=O) groups is 2. The van der Waals surface area contributed by atoms with Gasteiger partial charge in [0.15, 0.2) is 0 Å². The summed E-state index contributed by atoms with van der Waals surface area (Å²) in [4.78, 5) is 41.3. The number of ether oxygens (including phenoxy) is 1. The molecule has 1 aromatic heterocycles. The van der Waals surface area contributed by atoms with Crippen LogP contribution in [0.3, 0.4) is 0 Å². The number of carbonyl (C=O) groups excluding carboxylic acids is 1. The largest absolute Gasteiger partial charge is 0.481 e. The van der Waals surface area contributed by atoms with E-state index in [0.717, 1.165) is 30.3 Å². The van der Waals surface area contributed by atoms with Crippen molar-refractivity contribution in [3.8, 4) is 22.6 Å². The van der Waals surface area contributed by atoms with E-state index in [4.69, 9.17) is 4.74 Å². The predicted molar refractivity (Wildman–Crippen MR) is 170 cm³/mol. The molecule has 8 nitrogen and oxygen atoms in total. The average Bonchev–Trinajstić information content (AvgIpc) is 3.04. The SMILES string of the molecule is Cc1cccc2c1-c1cc(C(F)F)c(F)c(c1)C(CC(=O)O)NC(=O)C(n1cc(CCN3CC(F)C3)c(C(F)(F)F)cc1=O)c1cc(ccc1F)O2. The molecule has 0 spiro atoms. The maximum absolute atomic E-state index is 15.9. The highest BCUT2D eigenvalue weighted by atomic mass is 19.4. The van der Waals surface area contributed by atoms with E-state index in [2.05, 4.69) is 5.32 Å². The second-order valence-electron chi connectivity index (χ2n) is 12.6. The summed E-state index contributed by atoms with van der Waals surface area (Å²) >= 11 is 0. The molecule has 0 aliphatic carbocycles. The van der Waals surface area contributed by atoms with Crippen molar-refractivity contribution in [3.05, 3.63) is 116 Å². The molecule has 4 aromatic rings. The molecule has 16 heteroatoms. The first-order valence-electron chi connectivity index (χ1n) is 15.9. The molecule has 2 aliphatic rings. The number of aliphatic carboxylic acids is 1. The van der Waals surface area contributed by atoms with Gasteiger partial charge in [-0.05, 0) is 66.4 Å². The summed E-state index contributed by atoms with van der Waals surface area (Å²) in [5, 5.41) is 12.0. The Morgan fingerprint density at radius 1 is 1.04 bits per heavy atom. The van der Waals surface area contributed by atoms with Crippen LogP contribution in [0, 0.1) is 18.6 Å². The number of carboxylic acids is 1. The van der Waals surface area contributed by atoms with Gasteiger partial charge in [-0.1, -0.05) is 12.1 Å². The van der Waals surface area contributed by atoms with E-state index in [-0.39, 0.29) is 54.7 Å². The highest BCUT2D eigenvalue weighted by Crippen LogP contribution is 2.42. The zero-order valence-electron chi connectivity index (χ0n) is 27.1. The van der Waals surface area contributed by atoms with Crippen molar-refractivity contribution in [3.63, 3.8) is 0 Å². The molecule has 4 bridgehead atoms. The normalized spacial score (nSPS) is 18.0. The van der Waals surface area contributed by atoms with Crippen molar-refractivity contribution in [1.82, 2.24) is 14.8 Å². The summed E-state index contributed by atoms with van der Waals surface area (Å²) in [6.07, 6.45) is -10.3. The first kappa shape index (κ1) is 36.5. The molecule has 1 amide bonds. The van der Waals surface area contributed by atoms with Crippen LogP contribution < -0.4 is 15.6 Å². The van der Waals surface area contributed by atoms with Crippen LogP contribution in [0.1, 0.15) is 58.3 Å². The van der Waals surface area contributed by atoms with E-state index in [1.807, 2.05) is 0 Å². The number of aromatic nitrogens is 1. The Kier molecular flexibility index (Phi) is 9.87. The maximum Gasteiger partial charge on any atom is 0.416 e. The van der Waals surface area contributed by atoms with Crippen molar-refractivity contribution in [2.24, 2.45) is 0 Å². The van der Waals surface area contributed by atoms with Gasteiger partial charge in [0.25, 0.3) is 12.0 Å². The Bertz CT molecular complexity index is 2110. The number of likely N-dealkylation sites (tertiary alicyclic amines) is 1. The summed E-state index contributed by atoms with van der Waals surface area (Å²) in [7, 11) is 0. The number of fused-ring (bicyclic) bond motifs is 6. The molecule has 52 heavy (non-hydrogen) atoms. The van der Waals surface area contributed by atoms with Crippen molar-refractivity contribution >= 4 is 11.9 Å². The molecule has 1 saturated heterocycles. The van der Waals surface area contributed by atoms with Gasteiger partial charge in [0.05, 0.1) is 23.6 Å². The molecule has 3 heterocycles. The summed E-state index contributed by atoms with van der Waals surface area (Å²) in [6, 6.07) is 5.69. The van der Waals surface area contributed by atoms with E-state index in [1.165, 1.54) is 11.0 Å². The maximum atomic E-state index is 15.9. The van der Waals surface area contributed by atoms with Gasteiger partial charge in [-0.3, -0.25) is 23.9 Å². The number of nitrogens with one attached hydrogen (secondary N) is 1. The molecule has 1 fully saturated rings. The summed E-state index contributed by atoms with van der Waals surface area (Å²) in [5.41, 5.74) is -5.08. The van der Waals surface area contributed by atoms with Gasteiger partial charge in [0.2, 0.25) is 5.91 Å². The van der Waals surface area contributed by atoms with Crippen molar-refractivity contribution in [1.29, 1.82) is 0 Å². The molecular formula is C36H29F8N3O5. The smallest absolute Gasteiger partial charge is 0.416 e. The Balaban J connectivity index is 1.60. The quantitative estimate of drug-likeness (QED) is 0.194. The van der Waals surface area contributed by atoms with Crippen LogP contribution in [0.4, 0.5) is 35.1 Å². The molecule has 2 unspecified atom stereocenters. The second-order valence-corrected chi connectivity index (χ2v) is 12.6. The summed E-state index contributed by atoms with van der Waals surface area (Å²) in [5.74, 6) is -5.80. The number of nitrogens with zero attached hydrogens (tertiary/aromatic N) is 2. The number of rotatable bonds is 7. The monoisotopic (exact) mass is 735 g/mol. The minimum absolute atomic E-state index is 0.00990. The lowest BCUT2D eigenvalue weighted by Gasteiger charge is -2.34. The van der Waals surface area contributed by atoms with E-state index in [0.29, 0.717) is 16.3 Å². The van der Waals surface area contributed by atoms with Gasteiger partial charge < -0.3 is 15.2 Å². The van der Waals surface area contributed by atoms with Gasteiger partial charge in [-0.25, -0.2) is 22.0 Å². The van der Waals surface area contributed by atoms with Crippen LogP contribution in [0.5, 0.6) is 11.5 Å². The van der Waals surface area contributed by atoms with Crippen molar-refractivity contribution in [2.45, 2.75) is 50.6 Å². The number of hydrogen-bond acceptors (Lipinski definition) is 5. The van der Waals surface area contributed by atoms with Crippen LogP contribution in [-0.4, -0.2) is 52.3 Å². The van der Waals surface area contributed by atoms with Crippen LogP contribution in [0.15, 0.2) is 65.6 Å². The van der Waals surface area contributed by atoms with Gasteiger partial charge in [0, 0.05) is 48.6 Å². The third-order valence-electron chi connectivity index (χ3n) is 9.05. The zero-order chi connectivity index (χ0) is 37.6. The van der Waals surface area contributed by atoms with E-state index in [9.17, 15) is 45.8 Å². The molecule has 0 saturated carbocycles. The number of aryl methyl sites for hydroxylation is 1. The van der Waals surface area contributed by atoms with Gasteiger partial charge in [-0.15, -0.1) is 0 Å². The van der Waals surface area contributed by atoms with Crippen LogP contribution >= 0.6 is 0 Å². The van der Waals surface area contributed by atoms with Crippen molar-refractivity contribution < 1.29 is 54.6 Å². The van der Waals surface area contributed by atoms with Gasteiger partial charge in [-0.2, -0.15) is 13.2 Å². The molecule has 0 radical (unpaired) electrons. The Morgan fingerprint density at radius 3 is 2.42 bits per heavy atom. The van der Waals surface area contributed by atoms with E-state index >= 15 is 8.78 Å². The van der Waals surface area contributed by atoms with E-state index < -0.39 is 94.2 Å². The third kappa shape index (κ3) is 7.24.